The van der Waals surface area contributed by atoms with Gasteiger partial charge in [0.2, 0.25) is 0 Å². The van der Waals surface area contributed by atoms with E-state index in [0.717, 1.165) is 0 Å². The van der Waals surface area contributed by atoms with Crippen molar-refractivity contribution < 1.29 is 22.5 Å². The van der Waals surface area contributed by atoms with E-state index >= 15 is 0 Å². The summed E-state index contributed by atoms with van der Waals surface area (Å²) < 4.78 is 44.5. The minimum atomic E-state index is -4.72. The van der Waals surface area contributed by atoms with Crippen LogP contribution in [0.1, 0.15) is 10.6 Å². The Balaban J connectivity index is 1.60. The molecule has 2 aromatic carbocycles. The van der Waals surface area contributed by atoms with E-state index in [0.29, 0.717) is 22.3 Å². The number of nitrogens with one attached hydrogen (secondary N) is 1. The van der Waals surface area contributed by atoms with Crippen molar-refractivity contribution in [3.05, 3.63) is 91.2 Å². The van der Waals surface area contributed by atoms with Gasteiger partial charge in [-0.1, -0.05) is 0 Å². The molecule has 170 valence electrons. The Labute approximate surface area is 192 Å². The third kappa shape index (κ3) is 4.64. The Morgan fingerprint density at radius 1 is 1.21 bits per heavy atom. The molecule has 1 N–H and O–H groups in total. The maximum Gasteiger partial charge on any atom is 0.417 e. The molecule has 12 heteroatoms. The zero-order chi connectivity index (χ0) is 24.5. The van der Waals surface area contributed by atoms with Crippen LogP contribution in [0.5, 0.6) is 0 Å². The molecular weight excluding hydrogens is 473 g/mol. The number of rotatable bonds is 5. The van der Waals surface area contributed by atoms with Gasteiger partial charge in [-0.25, -0.2) is 9.78 Å². The summed E-state index contributed by atoms with van der Waals surface area (Å²) in [7, 11) is 0. The van der Waals surface area contributed by atoms with Crippen LogP contribution in [0.2, 0.25) is 0 Å². The van der Waals surface area contributed by atoms with Crippen LogP contribution in [-0.2, 0) is 6.18 Å². The molecule has 0 fully saturated rings. The Bertz CT molecular complexity index is 1530. The highest BCUT2D eigenvalue weighted by Gasteiger charge is 2.33. The lowest BCUT2D eigenvalue weighted by Crippen LogP contribution is -2.11. The molecule has 0 bridgehead atoms. The van der Waals surface area contributed by atoms with Gasteiger partial charge in [0.1, 0.15) is 22.2 Å². The van der Waals surface area contributed by atoms with Crippen LogP contribution in [0.3, 0.4) is 0 Å². The van der Waals surface area contributed by atoms with E-state index < -0.39 is 22.3 Å². The number of anilines is 1. The summed E-state index contributed by atoms with van der Waals surface area (Å²) in [5.41, 5.74) is -0.974. The van der Waals surface area contributed by atoms with Crippen LogP contribution < -0.4 is 10.9 Å². The van der Waals surface area contributed by atoms with Gasteiger partial charge in [-0.15, -0.1) is 11.3 Å². The molecule has 2 heterocycles. The predicted molar refractivity (Wildman–Crippen MR) is 119 cm³/mol. The molecule has 4 aromatic rings. The first-order chi connectivity index (χ1) is 16.2. The zero-order valence-electron chi connectivity index (χ0n) is 16.8. The predicted octanol–water partition coefficient (Wildman–Crippen LogP) is 5.82. The highest BCUT2D eigenvalue weighted by atomic mass is 32.1. The lowest BCUT2D eigenvalue weighted by Gasteiger charge is -2.10. The monoisotopic (exact) mass is 484 g/mol. The number of allylic oxidation sites excluding steroid dienone is 1. The number of thiazole rings is 1. The van der Waals surface area contributed by atoms with Gasteiger partial charge in [-0.05, 0) is 24.3 Å². The summed E-state index contributed by atoms with van der Waals surface area (Å²) in [6.07, 6.45) is -3.39. The maximum absolute atomic E-state index is 13.2. The Morgan fingerprint density at radius 3 is 2.59 bits per heavy atom. The summed E-state index contributed by atoms with van der Waals surface area (Å²) in [4.78, 5) is 26.2. The molecule has 4 rings (SSSR count). The number of hydrogen-bond donors (Lipinski definition) is 1. The van der Waals surface area contributed by atoms with Crippen molar-refractivity contribution in [3.63, 3.8) is 0 Å². The number of halogens is 3. The Kier molecular flexibility index (Phi) is 5.87. The Hall–Kier alpha value is -4.50. The summed E-state index contributed by atoms with van der Waals surface area (Å²) in [5.74, 6) is 0. The largest absolute Gasteiger partial charge is 0.423 e. The molecule has 0 radical (unpaired) electrons. The molecule has 34 heavy (non-hydrogen) atoms. The fourth-order valence-corrected chi connectivity index (χ4v) is 3.86. The summed E-state index contributed by atoms with van der Waals surface area (Å²) in [6, 6.07) is 11.9. The zero-order valence-corrected chi connectivity index (χ0v) is 17.6. The van der Waals surface area contributed by atoms with E-state index in [1.165, 1.54) is 47.9 Å². The Morgan fingerprint density at radius 2 is 1.94 bits per heavy atom. The first-order valence-electron chi connectivity index (χ1n) is 9.38. The average molecular weight is 484 g/mol. The number of nitriles is 1. The highest BCUT2D eigenvalue weighted by Crippen LogP contribution is 2.34. The molecule has 0 aliphatic heterocycles. The van der Waals surface area contributed by atoms with Crippen LogP contribution in [0.15, 0.2) is 69.3 Å². The second-order valence-electron chi connectivity index (χ2n) is 6.84. The molecule has 0 aliphatic carbocycles. The van der Waals surface area contributed by atoms with E-state index in [1.807, 2.05) is 6.07 Å². The van der Waals surface area contributed by atoms with E-state index in [9.17, 15) is 33.3 Å². The van der Waals surface area contributed by atoms with E-state index in [1.54, 1.807) is 17.5 Å². The van der Waals surface area contributed by atoms with Gasteiger partial charge in [0.25, 0.3) is 5.69 Å². The second-order valence-corrected chi connectivity index (χ2v) is 7.70. The van der Waals surface area contributed by atoms with Crippen LogP contribution in [0.4, 0.5) is 24.5 Å². The van der Waals surface area contributed by atoms with E-state index in [2.05, 4.69) is 10.3 Å². The summed E-state index contributed by atoms with van der Waals surface area (Å²) >= 11 is 1.17. The number of aromatic nitrogens is 1. The number of hydrogen-bond acceptors (Lipinski definition) is 8. The number of alkyl halides is 3. The van der Waals surface area contributed by atoms with Gasteiger partial charge in [0.05, 0.1) is 16.2 Å². The molecule has 0 saturated heterocycles. The van der Waals surface area contributed by atoms with Gasteiger partial charge >= 0.3 is 11.8 Å². The molecule has 0 unspecified atom stereocenters. The van der Waals surface area contributed by atoms with Gasteiger partial charge in [-0.2, -0.15) is 18.4 Å². The quantitative estimate of drug-likeness (QED) is 0.164. The normalized spacial score (nSPS) is 11.9. The molecule has 0 saturated carbocycles. The number of fused-ring (bicyclic) bond motifs is 1. The summed E-state index contributed by atoms with van der Waals surface area (Å²) in [6.45, 7) is 0. The van der Waals surface area contributed by atoms with Gasteiger partial charge < -0.3 is 9.73 Å². The van der Waals surface area contributed by atoms with Crippen molar-refractivity contribution >= 4 is 39.3 Å². The highest BCUT2D eigenvalue weighted by molar-refractivity contribution is 7.11. The summed E-state index contributed by atoms with van der Waals surface area (Å²) in [5, 5.41) is 24.9. The third-order valence-electron chi connectivity index (χ3n) is 4.66. The first-order valence-corrected chi connectivity index (χ1v) is 10.3. The number of non-ortho nitro benzene ring substituents is 1. The fraction of sp³-hybridized carbons (Fsp3) is 0.0455. The molecule has 8 nitrogen and oxygen atoms in total. The van der Waals surface area contributed by atoms with Crippen LogP contribution in [-0.4, -0.2) is 9.91 Å². The topological polar surface area (TPSA) is 122 Å². The van der Waals surface area contributed by atoms with Crippen LogP contribution >= 0.6 is 11.3 Å². The molecule has 0 amide bonds. The molecule has 0 aliphatic rings. The standard InChI is InChI=1S/C22H11F3N4O4S/c23-22(24,25)17-8-20(30)33-19-7-14(3-6-16(17)19)27-10-13(9-26)21-28-18(11-34-21)12-1-4-15(5-2-12)29(31)32/h1-8,10-11,27H. The number of nitrogens with zero attached hydrogens (tertiary/aromatic N) is 3. The van der Waals surface area contributed by atoms with Crippen molar-refractivity contribution in [2.24, 2.45) is 0 Å². The van der Waals surface area contributed by atoms with Crippen molar-refractivity contribution in [3.8, 4) is 17.3 Å². The third-order valence-corrected chi connectivity index (χ3v) is 5.54. The smallest absolute Gasteiger partial charge is 0.417 e. The lowest BCUT2D eigenvalue weighted by atomic mass is 10.1. The molecular formula is C22H11F3N4O4S. The van der Waals surface area contributed by atoms with Crippen LogP contribution in [0.25, 0.3) is 27.8 Å². The maximum atomic E-state index is 13.2. The SMILES string of the molecule is N#CC(=CNc1ccc2c(C(F)(F)F)cc(=O)oc2c1)c1nc(-c2ccc([N+](=O)[O-])cc2)cs1. The van der Waals surface area contributed by atoms with E-state index in [4.69, 9.17) is 4.42 Å². The first kappa shape index (κ1) is 22.7. The van der Waals surface area contributed by atoms with Gasteiger partial charge in [0, 0.05) is 52.5 Å². The van der Waals surface area contributed by atoms with Crippen molar-refractivity contribution in [2.75, 3.05) is 5.32 Å². The van der Waals surface area contributed by atoms with Crippen molar-refractivity contribution in [1.82, 2.24) is 4.98 Å². The van der Waals surface area contributed by atoms with Gasteiger partial charge in [0.15, 0.2) is 0 Å². The van der Waals surface area contributed by atoms with Crippen LogP contribution in [0, 0.1) is 21.4 Å². The minimum absolute atomic E-state index is 0.0606. The molecule has 0 atom stereocenters. The molecule has 2 aromatic heterocycles. The number of benzene rings is 2. The number of nitro groups is 1. The molecule has 0 spiro atoms. The lowest BCUT2D eigenvalue weighted by molar-refractivity contribution is -0.384. The fourth-order valence-electron chi connectivity index (χ4n) is 3.07. The average Bonchev–Trinajstić information content (AvgIpc) is 3.28. The second kappa shape index (κ2) is 8.80. The van der Waals surface area contributed by atoms with Gasteiger partial charge in [-0.3, -0.25) is 10.1 Å². The van der Waals surface area contributed by atoms with Crippen molar-refractivity contribution in [2.45, 2.75) is 6.18 Å². The minimum Gasteiger partial charge on any atom is -0.423 e. The number of nitro benzene ring substituents is 1. The van der Waals surface area contributed by atoms with Crippen molar-refractivity contribution in [1.29, 1.82) is 5.26 Å². The van der Waals surface area contributed by atoms with E-state index in [-0.39, 0.29) is 27.9 Å².